The zero-order valence-corrected chi connectivity index (χ0v) is 9.03. The van der Waals surface area contributed by atoms with Crippen LogP contribution >= 0.6 is 0 Å². The monoisotopic (exact) mass is 206 g/mol. The summed E-state index contributed by atoms with van der Waals surface area (Å²) in [7, 11) is -1.43. The molecule has 0 atom stereocenters. The first-order chi connectivity index (χ1) is 6.98. The van der Waals surface area contributed by atoms with Crippen LogP contribution in [0.2, 0.25) is 0 Å². The molecule has 0 fully saturated rings. The van der Waals surface area contributed by atoms with Crippen LogP contribution in [0, 0.1) is 0 Å². The van der Waals surface area contributed by atoms with Gasteiger partial charge in [0, 0.05) is 0 Å². The molecule has 0 spiro atoms. The normalized spacial score (nSPS) is 17.9. The SMILES string of the molecule is CC1(C)CCc2ccc(B(O)O)cc2O1. The summed E-state index contributed by atoms with van der Waals surface area (Å²) in [5.74, 6) is 0.775. The highest BCUT2D eigenvalue weighted by Gasteiger charge is 2.27. The first-order valence-corrected chi connectivity index (χ1v) is 5.16. The molecule has 1 aliphatic rings. The summed E-state index contributed by atoms with van der Waals surface area (Å²) in [5.41, 5.74) is 1.46. The van der Waals surface area contributed by atoms with Crippen LogP contribution in [-0.2, 0) is 6.42 Å². The minimum atomic E-state index is -1.43. The maximum Gasteiger partial charge on any atom is 0.488 e. The highest BCUT2D eigenvalue weighted by Crippen LogP contribution is 2.31. The third-order valence-corrected chi connectivity index (χ3v) is 2.77. The molecule has 0 saturated heterocycles. The van der Waals surface area contributed by atoms with Gasteiger partial charge in [-0.25, -0.2) is 0 Å². The van der Waals surface area contributed by atoms with Gasteiger partial charge in [-0.15, -0.1) is 0 Å². The van der Waals surface area contributed by atoms with Crippen molar-refractivity contribution in [2.24, 2.45) is 0 Å². The van der Waals surface area contributed by atoms with E-state index in [2.05, 4.69) is 0 Å². The van der Waals surface area contributed by atoms with Crippen LogP contribution in [0.4, 0.5) is 0 Å². The molecule has 1 aromatic rings. The Bertz CT molecular complexity index is 374. The van der Waals surface area contributed by atoms with Gasteiger partial charge in [-0.2, -0.15) is 0 Å². The number of rotatable bonds is 1. The first-order valence-electron chi connectivity index (χ1n) is 5.16. The fraction of sp³-hybridized carbons (Fsp3) is 0.455. The second-order valence-electron chi connectivity index (χ2n) is 4.60. The largest absolute Gasteiger partial charge is 0.488 e. The van der Waals surface area contributed by atoms with Crippen molar-refractivity contribution in [1.29, 1.82) is 0 Å². The minimum absolute atomic E-state index is 0.161. The summed E-state index contributed by atoms with van der Waals surface area (Å²) in [6, 6.07) is 5.34. The molecule has 0 unspecified atom stereocenters. The Kier molecular flexibility index (Phi) is 2.48. The average molecular weight is 206 g/mol. The van der Waals surface area contributed by atoms with Crippen molar-refractivity contribution in [3.63, 3.8) is 0 Å². The molecular weight excluding hydrogens is 191 g/mol. The lowest BCUT2D eigenvalue weighted by Gasteiger charge is -2.32. The lowest BCUT2D eigenvalue weighted by atomic mass is 9.79. The van der Waals surface area contributed by atoms with Gasteiger partial charge in [0.15, 0.2) is 0 Å². The third-order valence-electron chi connectivity index (χ3n) is 2.77. The third kappa shape index (κ3) is 2.16. The summed E-state index contributed by atoms with van der Waals surface area (Å²) in [6.07, 6.45) is 1.96. The Morgan fingerprint density at radius 3 is 2.73 bits per heavy atom. The minimum Gasteiger partial charge on any atom is -0.488 e. The Morgan fingerprint density at radius 2 is 2.07 bits per heavy atom. The number of fused-ring (bicyclic) bond motifs is 1. The Balaban J connectivity index is 2.35. The summed E-state index contributed by atoms with van der Waals surface area (Å²) in [5, 5.41) is 18.1. The van der Waals surface area contributed by atoms with Crippen LogP contribution < -0.4 is 10.2 Å². The van der Waals surface area contributed by atoms with Crippen molar-refractivity contribution in [2.45, 2.75) is 32.3 Å². The van der Waals surface area contributed by atoms with Gasteiger partial charge >= 0.3 is 7.12 Å². The lowest BCUT2D eigenvalue weighted by Crippen LogP contribution is -2.35. The topological polar surface area (TPSA) is 49.7 Å². The second-order valence-corrected chi connectivity index (χ2v) is 4.60. The van der Waals surface area contributed by atoms with Crippen LogP contribution in [0.25, 0.3) is 0 Å². The predicted octanol–water partition coefficient (Wildman–Crippen LogP) is 0.470. The van der Waals surface area contributed by atoms with Crippen LogP contribution in [0.5, 0.6) is 5.75 Å². The van der Waals surface area contributed by atoms with Gasteiger partial charge in [-0.05, 0) is 43.8 Å². The molecule has 3 nitrogen and oxygen atoms in total. The van der Waals surface area contributed by atoms with Gasteiger partial charge in [0.2, 0.25) is 0 Å². The number of benzene rings is 1. The number of hydrogen-bond donors (Lipinski definition) is 2. The Hall–Kier alpha value is -0.995. The fourth-order valence-corrected chi connectivity index (χ4v) is 1.82. The van der Waals surface area contributed by atoms with Gasteiger partial charge in [0.1, 0.15) is 11.4 Å². The molecule has 80 valence electrons. The van der Waals surface area contributed by atoms with Crippen molar-refractivity contribution < 1.29 is 14.8 Å². The predicted molar refractivity (Wildman–Crippen MR) is 59.3 cm³/mol. The Labute approximate surface area is 89.8 Å². The maximum atomic E-state index is 9.06. The highest BCUT2D eigenvalue weighted by molar-refractivity contribution is 6.58. The molecule has 1 heterocycles. The molecule has 0 saturated carbocycles. The van der Waals surface area contributed by atoms with E-state index in [9.17, 15) is 0 Å². The summed E-state index contributed by atoms with van der Waals surface area (Å²) >= 11 is 0. The van der Waals surface area contributed by atoms with E-state index in [4.69, 9.17) is 14.8 Å². The highest BCUT2D eigenvalue weighted by atomic mass is 16.5. The van der Waals surface area contributed by atoms with Crippen LogP contribution in [0.15, 0.2) is 18.2 Å². The van der Waals surface area contributed by atoms with E-state index in [1.165, 1.54) is 0 Å². The molecule has 2 N–H and O–H groups in total. The standard InChI is InChI=1S/C11H15BO3/c1-11(2)6-5-8-3-4-9(12(13)14)7-10(8)15-11/h3-4,7,13-14H,5-6H2,1-2H3. The molecule has 2 rings (SSSR count). The van der Waals surface area contributed by atoms with E-state index in [0.717, 1.165) is 24.2 Å². The van der Waals surface area contributed by atoms with E-state index in [1.54, 1.807) is 12.1 Å². The molecular formula is C11H15BO3. The van der Waals surface area contributed by atoms with Gasteiger partial charge < -0.3 is 14.8 Å². The summed E-state index contributed by atoms with van der Waals surface area (Å²) in [6.45, 7) is 4.08. The summed E-state index contributed by atoms with van der Waals surface area (Å²) < 4.78 is 5.79. The van der Waals surface area contributed by atoms with Gasteiger partial charge in [0.05, 0.1) is 0 Å². The molecule has 0 aliphatic carbocycles. The number of aryl methyl sites for hydroxylation is 1. The molecule has 4 heteroatoms. The molecule has 0 bridgehead atoms. The lowest BCUT2D eigenvalue weighted by molar-refractivity contribution is 0.0848. The van der Waals surface area contributed by atoms with E-state index in [-0.39, 0.29) is 5.60 Å². The molecule has 0 amide bonds. The average Bonchev–Trinajstić information content (AvgIpc) is 2.15. The van der Waals surface area contributed by atoms with Crippen LogP contribution in [0.3, 0.4) is 0 Å². The van der Waals surface area contributed by atoms with Crippen molar-refractivity contribution in [2.75, 3.05) is 0 Å². The van der Waals surface area contributed by atoms with Crippen LogP contribution in [-0.4, -0.2) is 22.8 Å². The van der Waals surface area contributed by atoms with Crippen molar-refractivity contribution in [3.05, 3.63) is 23.8 Å². The first kappa shape index (κ1) is 10.5. The molecule has 1 aromatic carbocycles. The second kappa shape index (κ2) is 3.54. The summed E-state index contributed by atoms with van der Waals surface area (Å²) in [4.78, 5) is 0. The quantitative estimate of drug-likeness (QED) is 0.656. The van der Waals surface area contributed by atoms with Crippen molar-refractivity contribution in [3.8, 4) is 5.75 Å². The van der Waals surface area contributed by atoms with Crippen molar-refractivity contribution >= 4 is 12.6 Å². The van der Waals surface area contributed by atoms with E-state index < -0.39 is 7.12 Å². The van der Waals surface area contributed by atoms with E-state index in [0.29, 0.717) is 5.46 Å². The van der Waals surface area contributed by atoms with E-state index in [1.807, 2.05) is 19.9 Å². The maximum absolute atomic E-state index is 9.06. The smallest absolute Gasteiger partial charge is 0.488 e. The number of ether oxygens (including phenoxy) is 1. The van der Waals surface area contributed by atoms with Gasteiger partial charge in [-0.3, -0.25) is 0 Å². The van der Waals surface area contributed by atoms with Crippen LogP contribution in [0.1, 0.15) is 25.8 Å². The fourth-order valence-electron chi connectivity index (χ4n) is 1.82. The molecule has 0 aromatic heterocycles. The van der Waals surface area contributed by atoms with Gasteiger partial charge in [-0.1, -0.05) is 12.1 Å². The Morgan fingerprint density at radius 1 is 1.33 bits per heavy atom. The number of hydrogen-bond acceptors (Lipinski definition) is 3. The van der Waals surface area contributed by atoms with E-state index >= 15 is 0 Å². The zero-order chi connectivity index (χ0) is 11.1. The molecule has 1 aliphatic heterocycles. The van der Waals surface area contributed by atoms with Crippen molar-refractivity contribution in [1.82, 2.24) is 0 Å². The molecule has 15 heavy (non-hydrogen) atoms. The zero-order valence-electron chi connectivity index (χ0n) is 9.03. The molecule has 0 radical (unpaired) electrons. The van der Waals surface area contributed by atoms with Gasteiger partial charge in [0.25, 0.3) is 0 Å².